The van der Waals surface area contributed by atoms with E-state index in [4.69, 9.17) is 7.98 Å². The maximum Gasteiger partial charge on any atom is 0.183 e. The monoisotopic (exact) mass is 359 g/mol. The zero-order valence-electron chi connectivity index (χ0n) is 18.4. The second-order valence-corrected chi connectivity index (χ2v) is 9.89. The smallest absolute Gasteiger partial charge is 0.183 e. The summed E-state index contributed by atoms with van der Waals surface area (Å²) in [4.78, 5) is 2.17. The van der Waals surface area contributed by atoms with Crippen LogP contribution in [-0.4, -0.2) is 24.9 Å². The van der Waals surface area contributed by atoms with Gasteiger partial charge >= 0.3 is 0 Å². The molecule has 2 rings (SSSR count). The first-order chi connectivity index (χ1) is 12.5. The van der Waals surface area contributed by atoms with Gasteiger partial charge in [0.05, 0.1) is 0 Å². The molecular weight excluding hydrogens is 313 g/mol. The lowest BCUT2D eigenvalue weighted by molar-refractivity contribution is -0.0617. The Morgan fingerprint density at radius 3 is 1.92 bits per heavy atom. The summed E-state index contributed by atoms with van der Waals surface area (Å²) in [6, 6.07) is 1.19. The Balaban J connectivity index is 1.84. The summed E-state index contributed by atoms with van der Waals surface area (Å²) >= 11 is 0. The molecular formula is C24H46BN. The minimum absolute atomic E-state index is 0.571. The topological polar surface area (TPSA) is 3.24 Å². The summed E-state index contributed by atoms with van der Waals surface area (Å²) in [6.45, 7) is 9.32. The molecule has 2 atom stereocenters. The average Bonchev–Trinajstić information content (AvgIpc) is 2.61. The van der Waals surface area contributed by atoms with E-state index >= 15 is 0 Å². The molecule has 0 N–H and O–H groups in total. The van der Waals surface area contributed by atoms with Crippen molar-refractivity contribution < 1.29 is 0 Å². The van der Waals surface area contributed by atoms with E-state index in [2.05, 4.69) is 32.5 Å². The van der Waals surface area contributed by atoms with Crippen molar-refractivity contribution >= 4 is 7.98 Å². The molecule has 1 aliphatic heterocycles. The van der Waals surface area contributed by atoms with Gasteiger partial charge in [0.25, 0.3) is 0 Å². The van der Waals surface area contributed by atoms with Crippen LogP contribution in [0.1, 0.15) is 124 Å². The van der Waals surface area contributed by atoms with E-state index < -0.39 is 0 Å². The molecule has 1 saturated heterocycles. The van der Waals surface area contributed by atoms with Crippen molar-refractivity contribution in [2.45, 2.75) is 136 Å². The van der Waals surface area contributed by atoms with Crippen molar-refractivity contribution in [1.29, 1.82) is 0 Å². The van der Waals surface area contributed by atoms with Gasteiger partial charge in [-0.1, -0.05) is 91.9 Å². The number of unbranched alkanes of at least 4 members (excludes halogenated alkanes) is 6. The third kappa shape index (κ3) is 6.01. The van der Waals surface area contributed by atoms with Gasteiger partial charge < -0.3 is 4.81 Å². The molecule has 1 spiro atoms. The normalized spacial score (nSPS) is 32.3. The van der Waals surface area contributed by atoms with E-state index in [9.17, 15) is 0 Å². The van der Waals surface area contributed by atoms with Crippen molar-refractivity contribution in [3.8, 4) is 0 Å². The van der Waals surface area contributed by atoms with E-state index in [0.717, 1.165) is 11.8 Å². The Morgan fingerprint density at radius 1 is 0.846 bits per heavy atom. The van der Waals surface area contributed by atoms with E-state index in [1.807, 2.05) is 0 Å². The van der Waals surface area contributed by atoms with Crippen LogP contribution in [0.2, 0.25) is 0 Å². The summed E-state index contributed by atoms with van der Waals surface area (Å²) in [5.74, 6) is 2.04. The van der Waals surface area contributed by atoms with Gasteiger partial charge in [-0.15, -0.1) is 0 Å². The highest BCUT2D eigenvalue weighted by atomic mass is 15.1. The van der Waals surface area contributed by atoms with Gasteiger partial charge in [-0.25, -0.2) is 0 Å². The summed E-state index contributed by atoms with van der Waals surface area (Å²) < 4.78 is 0. The highest BCUT2D eigenvalue weighted by Gasteiger charge is 2.50. The van der Waals surface area contributed by atoms with Crippen LogP contribution < -0.4 is 0 Å². The minimum Gasteiger partial charge on any atom is -0.349 e. The molecule has 0 aromatic carbocycles. The standard InChI is InChI=1S/C24H46BN/c1-5-8-10-12-14-21(15-13-11-9-6-2)22-17-24(18-22)16-20(4)26(25)23(7-3)19-24/h20-23H,5-19H2,1-4H3. The van der Waals surface area contributed by atoms with Gasteiger partial charge in [0.1, 0.15) is 0 Å². The number of nitrogens with zero attached hydrogens (tertiary/aromatic N) is 1. The predicted octanol–water partition coefficient (Wildman–Crippen LogP) is 7.29. The Morgan fingerprint density at radius 2 is 1.42 bits per heavy atom. The molecule has 1 nitrogen and oxygen atoms in total. The summed E-state index contributed by atoms with van der Waals surface area (Å²) in [5, 5.41) is 0. The Labute approximate surface area is 166 Å². The van der Waals surface area contributed by atoms with Crippen LogP contribution in [0, 0.1) is 17.3 Å². The quantitative estimate of drug-likeness (QED) is 0.261. The van der Waals surface area contributed by atoms with Crippen LogP contribution in [0.5, 0.6) is 0 Å². The molecule has 1 heterocycles. The van der Waals surface area contributed by atoms with Crippen LogP contribution in [0.25, 0.3) is 0 Å². The molecule has 2 radical (unpaired) electrons. The summed E-state index contributed by atoms with van der Waals surface area (Å²) in [7, 11) is 6.35. The second-order valence-electron chi connectivity index (χ2n) is 9.89. The lowest BCUT2D eigenvalue weighted by Gasteiger charge is -2.58. The van der Waals surface area contributed by atoms with E-state index in [1.165, 1.54) is 96.3 Å². The minimum atomic E-state index is 0.571. The average molecular weight is 359 g/mol. The van der Waals surface area contributed by atoms with Crippen molar-refractivity contribution in [2.75, 3.05) is 0 Å². The molecule has 2 aliphatic rings. The van der Waals surface area contributed by atoms with Gasteiger partial charge in [0, 0.05) is 0 Å². The predicted molar refractivity (Wildman–Crippen MR) is 117 cm³/mol. The first-order valence-electron chi connectivity index (χ1n) is 12.1. The largest absolute Gasteiger partial charge is 0.349 e. The molecule has 26 heavy (non-hydrogen) atoms. The molecule has 0 bridgehead atoms. The number of piperidine rings is 1. The molecule has 150 valence electrons. The number of rotatable bonds is 12. The summed E-state index contributed by atoms with van der Waals surface area (Å²) in [5.41, 5.74) is 0.645. The maximum atomic E-state index is 6.35. The SMILES string of the molecule is [B]N1C(C)CC2(CC(C(CCCCCC)CCCCCC)C2)CC1CC. The van der Waals surface area contributed by atoms with Gasteiger partial charge in [0.15, 0.2) is 7.98 Å². The van der Waals surface area contributed by atoms with E-state index in [0.29, 0.717) is 17.5 Å². The first kappa shape index (κ1) is 22.3. The van der Waals surface area contributed by atoms with E-state index in [-0.39, 0.29) is 0 Å². The van der Waals surface area contributed by atoms with Crippen molar-refractivity contribution in [3.05, 3.63) is 0 Å². The highest BCUT2D eigenvalue weighted by Crippen LogP contribution is 2.58. The molecule has 2 unspecified atom stereocenters. The zero-order chi connectivity index (χ0) is 19.0. The second kappa shape index (κ2) is 11.1. The van der Waals surface area contributed by atoms with Gasteiger partial charge in [0.2, 0.25) is 0 Å². The van der Waals surface area contributed by atoms with Crippen LogP contribution in [-0.2, 0) is 0 Å². The number of hydrogen-bond donors (Lipinski definition) is 0. The fourth-order valence-corrected chi connectivity index (χ4v) is 6.14. The molecule has 2 heteroatoms. The maximum absolute atomic E-state index is 6.35. The first-order valence-corrected chi connectivity index (χ1v) is 12.1. The van der Waals surface area contributed by atoms with Crippen molar-refractivity contribution in [1.82, 2.24) is 4.81 Å². The van der Waals surface area contributed by atoms with Crippen LogP contribution in [0.3, 0.4) is 0 Å². The fraction of sp³-hybridized carbons (Fsp3) is 1.00. The van der Waals surface area contributed by atoms with Crippen molar-refractivity contribution in [2.24, 2.45) is 17.3 Å². The Bertz CT molecular complexity index is 364. The third-order valence-electron chi connectivity index (χ3n) is 7.71. The fourth-order valence-electron chi connectivity index (χ4n) is 6.14. The van der Waals surface area contributed by atoms with E-state index in [1.54, 1.807) is 0 Å². The molecule has 1 saturated carbocycles. The Kier molecular flexibility index (Phi) is 9.55. The molecule has 0 aromatic rings. The van der Waals surface area contributed by atoms with Gasteiger partial charge in [-0.3, -0.25) is 0 Å². The van der Waals surface area contributed by atoms with Crippen LogP contribution in [0.15, 0.2) is 0 Å². The van der Waals surface area contributed by atoms with Crippen LogP contribution >= 0.6 is 0 Å². The molecule has 1 aliphatic carbocycles. The lowest BCUT2D eigenvalue weighted by Crippen LogP contribution is -2.55. The highest BCUT2D eigenvalue weighted by molar-refractivity contribution is 6.04. The zero-order valence-corrected chi connectivity index (χ0v) is 18.4. The molecule has 2 fully saturated rings. The van der Waals surface area contributed by atoms with Crippen LogP contribution in [0.4, 0.5) is 0 Å². The van der Waals surface area contributed by atoms with Crippen molar-refractivity contribution in [3.63, 3.8) is 0 Å². The third-order valence-corrected chi connectivity index (χ3v) is 7.71. The number of hydrogen-bond acceptors (Lipinski definition) is 1. The van der Waals surface area contributed by atoms with Gasteiger partial charge in [-0.05, 0) is 61.4 Å². The summed E-state index contributed by atoms with van der Waals surface area (Å²) in [6.07, 6.45) is 21.4. The molecule has 0 amide bonds. The lowest BCUT2D eigenvalue weighted by atomic mass is 9.51. The molecule has 0 aromatic heterocycles. The Hall–Kier alpha value is 0.0249. The van der Waals surface area contributed by atoms with Gasteiger partial charge in [-0.2, -0.15) is 0 Å².